The minimum Gasteiger partial charge on any atom is -0.439 e. The van der Waals surface area contributed by atoms with Crippen LogP contribution in [-0.4, -0.2) is 32.9 Å². The minimum absolute atomic E-state index is 0.136. The zero-order valence-corrected chi connectivity index (χ0v) is 13.3. The normalized spacial score (nSPS) is 12.1. The van der Waals surface area contributed by atoms with Gasteiger partial charge >= 0.3 is 0 Å². The highest BCUT2D eigenvalue weighted by molar-refractivity contribution is 6.30. The Bertz CT molecular complexity index is 790. The van der Waals surface area contributed by atoms with E-state index in [1.807, 2.05) is 12.1 Å². The predicted octanol–water partition coefficient (Wildman–Crippen LogP) is 2.44. The molecule has 0 aliphatic heterocycles. The summed E-state index contributed by atoms with van der Waals surface area (Å²) in [6.07, 6.45) is 1.84. The topological polar surface area (TPSA) is 107 Å². The lowest BCUT2D eigenvalue weighted by Crippen LogP contribution is -2.26. The van der Waals surface area contributed by atoms with Gasteiger partial charge in [-0.2, -0.15) is 4.98 Å². The molecule has 2 heterocycles. The molecule has 1 atom stereocenters. The smallest absolute Gasteiger partial charge is 0.228 e. The van der Waals surface area contributed by atoms with E-state index in [0.29, 0.717) is 34.8 Å². The summed E-state index contributed by atoms with van der Waals surface area (Å²) in [5.41, 5.74) is 6.42. The molecule has 0 saturated heterocycles. The second-order valence-corrected chi connectivity index (χ2v) is 5.54. The summed E-state index contributed by atoms with van der Waals surface area (Å²) in [7, 11) is 0. The van der Waals surface area contributed by atoms with E-state index in [2.05, 4.69) is 15.1 Å². The maximum atomic E-state index is 8.95. The van der Waals surface area contributed by atoms with E-state index < -0.39 is 6.04 Å². The zero-order chi connectivity index (χ0) is 16.9. The molecule has 2 aromatic heterocycles. The van der Waals surface area contributed by atoms with Crippen molar-refractivity contribution in [3.8, 4) is 23.0 Å². The first-order valence-electron chi connectivity index (χ1n) is 7.23. The molecule has 0 saturated carbocycles. The van der Waals surface area contributed by atoms with Crippen LogP contribution < -0.4 is 10.5 Å². The van der Waals surface area contributed by atoms with Crippen LogP contribution in [0.3, 0.4) is 0 Å². The van der Waals surface area contributed by atoms with Gasteiger partial charge in [-0.1, -0.05) is 16.8 Å². The molecule has 124 valence electrons. The number of rotatable bonds is 6. The van der Waals surface area contributed by atoms with Crippen LogP contribution in [0, 0.1) is 0 Å². The molecule has 3 N–H and O–H groups in total. The van der Waals surface area contributed by atoms with Gasteiger partial charge in [0.2, 0.25) is 17.6 Å². The number of nitrogens with two attached hydrogens (primary N) is 1. The molecule has 0 bridgehead atoms. The van der Waals surface area contributed by atoms with E-state index in [9.17, 15) is 0 Å². The molecule has 0 radical (unpaired) electrons. The van der Waals surface area contributed by atoms with E-state index in [-0.39, 0.29) is 6.61 Å². The molecule has 0 aliphatic rings. The van der Waals surface area contributed by atoms with E-state index in [4.69, 9.17) is 31.7 Å². The SMILES string of the molecule is NC(CO)Cc1nc(-c2ccc(Oc3ccc(Cl)cn3)cc2)no1. The van der Waals surface area contributed by atoms with Gasteiger partial charge in [0.25, 0.3) is 0 Å². The van der Waals surface area contributed by atoms with Crippen LogP contribution in [0.4, 0.5) is 0 Å². The Morgan fingerprint density at radius 3 is 2.67 bits per heavy atom. The van der Waals surface area contributed by atoms with Gasteiger partial charge in [-0.25, -0.2) is 4.98 Å². The molecule has 1 aromatic carbocycles. The first-order chi connectivity index (χ1) is 11.6. The summed E-state index contributed by atoms with van der Waals surface area (Å²) in [6.45, 7) is -0.136. The highest BCUT2D eigenvalue weighted by atomic mass is 35.5. The molecule has 0 amide bonds. The molecule has 0 spiro atoms. The maximum Gasteiger partial charge on any atom is 0.228 e. The number of aliphatic hydroxyl groups excluding tert-OH is 1. The molecule has 3 rings (SSSR count). The van der Waals surface area contributed by atoms with Crippen LogP contribution in [0.25, 0.3) is 11.4 Å². The summed E-state index contributed by atoms with van der Waals surface area (Å²) < 4.78 is 10.7. The number of halogens is 1. The van der Waals surface area contributed by atoms with Crippen molar-refractivity contribution in [3.05, 3.63) is 53.5 Å². The number of hydrogen-bond donors (Lipinski definition) is 2. The van der Waals surface area contributed by atoms with Crippen LogP contribution in [0.1, 0.15) is 5.89 Å². The summed E-state index contributed by atoms with van der Waals surface area (Å²) >= 11 is 5.78. The van der Waals surface area contributed by atoms with Crippen molar-refractivity contribution in [1.29, 1.82) is 0 Å². The second kappa shape index (κ2) is 7.39. The predicted molar refractivity (Wildman–Crippen MR) is 87.8 cm³/mol. The minimum atomic E-state index is -0.416. The summed E-state index contributed by atoms with van der Waals surface area (Å²) in [5, 5.41) is 13.4. The van der Waals surface area contributed by atoms with Gasteiger partial charge in [0.1, 0.15) is 5.75 Å². The van der Waals surface area contributed by atoms with Crippen LogP contribution in [0.15, 0.2) is 47.1 Å². The largest absolute Gasteiger partial charge is 0.439 e. The van der Waals surface area contributed by atoms with Crippen LogP contribution in [0.5, 0.6) is 11.6 Å². The average Bonchev–Trinajstić information content (AvgIpc) is 3.06. The van der Waals surface area contributed by atoms with Gasteiger partial charge in [-0.15, -0.1) is 0 Å². The van der Waals surface area contributed by atoms with Crippen molar-refractivity contribution < 1.29 is 14.4 Å². The third-order valence-corrected chi connectivity index (χ3v) is 3.40. The lowest BCUT2D eigenvalue weighted by Gasteiger charge is -2.04. The lowest BCUT2D eigenvalue weighted by molar-refractivity contribution is 0.254. The van der Waals surface area contributed by atoms with Gasteiger partial charge in [-0.3, -0.25) is 0 Å². The molecule has 24 heavy (non-hydrogen) atoms. The molecular weight excluding hydrogens is 332 g/mol. The van der Waals surface area contributed by atoms with E-state index >= 15 is 0 Å². The Morgan fingerprint density at radius 1 is 1.21 bits per heavy atom. The molecule has 0 aliphatic carbocycles. The Morgan fingerprint density at radius 2 is 2.00 bits per heavy atom. The number of pyridine rings is 1. The maximum absolute atomic E-state index is 8.95. The Hall–Kier alpha value is -2.48. The average molecular weight is 347 g/mol. The fourth-order valence-electron chi connectivity index (χ4n) is 1.96. The Kier molecular flexibility index (Phi) is 5.05. The first kappa shape index (κ1) is 16.4. The Balaban J connectivity index is 1.69. The van der Waals surface area contributed by atoms with E-state index in [1.165, 1.54) is 6.20 Å². The number of benzene rings is 1. The van der Waals surface area contributed by atoms with Crippen molar-refractivity contribution in [2.75, 3.05) is 6.61 Å². The number of nitrogens with zero attached hydrogens (tertiary/aromatic N) is 3. The second-order valence-electron chi connectivity index (χ2n) is 5.10. The van der Waals surface area contributed by atoms with Crippen molar-refractivity contribution >= 4 is 11.6 Å². The zero-order valence-electron chi connectivity index (χ0n) is 12.6. The summed E-state index contributed by atoms with van der Waals surface area (Å²) in [5.74, 6) is 1.91. The number of ether oxygens (including phenoxy) is 1. The summed E-state index contributed by atoms with van der Waals surface area (Å²) in [6, 6.07) is 10.2. The fourth-order valence-corrected chi connectivity index (χ4v) is 2.07. The van der Waals surface area contributed by atoms with Gasteiger partial charge in [0.15, 0.2) is 0 Å². The quantitative estimate of drug-likeness (QED) is 0.705. The van der Waals surface area contributed by atoms with Crippen LogP contribution in [-0.2, 0) is 6.42 Å². The number of hydrogen-bond acceptors (Lipinski definition) is 7. The van der Waals surface area contributed by atoms with Gasteiger partial charge in [0.05, 0.1) is 11.6 Å². The summed E-state index contributed by atoms with van der Waals surface area (Å²) in [4.78, 5) is 8.32. The van der Waals surface area contributed by atoms with E-state index in [1.54, 1.807) is 24.3 Å². The number of aromatic nitrogens is 3. The monoisotopic (exact) mass is 346 g/mol. The van der Waals surface area contributed by atoms with E-state index in [0.717, 1.165) is 5.56 Å². The number of aliphatic hydroxyl groups is 1. The standard InChI is InChI=1S/C16H15ClN4O3/c17-11-3-6-14(19-8-11)23-13-4-1-10(2-5-13)16-20-15(24-21-16)7-12(18)9-22/h1-6,8,12,22H,7,9,18H2. The van der Waals surface area contributed by atoms with Crippen molar-refractivity contribution in [2.45, 2.75) is 12.5 Å². The molecule has 8 heteroatoms. The van der Waals surface area contributed by atoms with Crippen molar-refractivity contribution in [2.24, 2.45) is 5.73 Å². The molecule has 3 aromatic rings. The van der Waals surface area contributed by atoms with Crippen LogP contribution >= 0.6 is 11.6 Å². The first-order valence-corrected chi connectivity index (χ1v) is 7.60. The van der Waals surface area contributed by atoms with Gasteiger partial charge < -0.3 is 20.1 Å². The Labute approximate surface area is 143 Å². The third-order valence-electron chi connectivity index (χ3n) is 3.17. The third kappa shape index (κ3) is 4.08. The van der Waals surface area contributed by atoms with Gasteiger partial charge in [-0.05, 0) is 30.3 Å². The lowest BCUT2D eigenvalue weighted by atomic mass is 10.2. The highest BCUT2D eigenvalue weighted by Gasteiger charge is 2.12. The molecular formula is C16H15ClN4O3. The molecule has 7 nitrogen and oxygen atoms in total. The fraction of sp³-hybridized carbons (Fsp3) is 0.188. The molecule has 1 unspecified atom stereocenters. The highest BCUT2D eigenvalue weighted by Crippen LogP contribution is 2.24. The van der Waals surface area contributed by atoms with Gasteiger partial charge in [0, 0.05) is 30.3 Å². The van der Waals surface area contributed by atoms with Crippen molar-refractivity contribution in [3.63, 3.8) is 0 Å². The van der Waals surface area contributed by atoms with Crippen LogP contribution in [0.2, 0.25) is 5.02 Å². The van der Waals surface area contributed by atoms with Crippen molar-refractivity contribution in [1.82, 2.24) is 15.1 Å². The molecule has 0 fully saturated rings.